The zero-order chi connectivity index (χ0) is 21.8. The van der Waals surface area contributed by atoms with Gasteiger partial charge in [-0.25, -0.2) is 9.97 Å². The van der Waals surface area contributed by atoms with Gasteiger partial charge >= 0.3 is 0 Å². The van der Waals surface area contributed by atoms with Gasteiger partial charge < -0.3 is 19.3 Å². The first kappa shape index (κ1) is 20.9. The minimum Gasteiger partial charge on any atom is -0.497 e. The molecular formula is C23H23ClN4O3. The molecule has 2 aromatic carbocycles. The quantitative estimate of drug-likeness (QED) is 0.592. The summed E-state index contributed by atoms with van der Waals surface area (Å²) in [6.07, 6.45) is 1.48. The summed E-state index contributed by atoms with van der Waals surface area (Å²) < 4.78 is 11.0. The van der Waals surface area contributed by atoms with E-state index in [1.807, 2.05) is 24.0 Å². The molecule has 0 unspecified atom stereocenters. The average Bonchev–Trinajstić information content (AvgIpc) is 2.79. The molecule has 2 heterocycles. The van der Waals surface area contributed by atoms with E-state index in [-0.39, 0.29) is 11.9 Å². The number of rotatable bonds is 5. The van der Waals surface area contributed by atoms with Crippen LogP contribution in [0.3, 0.4) is 0 Å². The zero-order valence-electron chi connectivity index (χ0n) is 17.4. The molecule has 3 aromatic rings. The highest BCUT2D eigenvalue weighted by Crippen LogP contribution is 2.26. The molecule has 1 aliphatic heterocycles. The van der Waals surface area contributed by atoms with Crippen molar-refractivity contribution in [1.29, 1.82) is 0 Å². The molecular weight excluding hydrogens is 416 g/mol. The third-order valence-corrected chi connectivity index (χ3v) is 5.43. The molecule has 0 N–H and O–H groups in total. The Morgan fingerprint density at radius 2 is 1.87 bits per heavy atom. The van der Waals surface area contributed by atoms with Crippen molar-refractivity contribution in [3.8, 4) is 17.4 Å². The number of carbonyl (C=O) groups is 1. The predicted molar refractivity (Wildman–Crippen MR) is 119 cm³/mol. The number of nitrogens with zero attached hydrogens (tertiary/aromatic N) is 4. The summed E-state index contributed by atoms with van der Waals surface area (Å²) in [5.41, 5.74) is 0.653. The second kappa shape index (κ2) is 9.22. The number of aromatic nitrogens is 2. The minimum absolute atomic E-state index is 0.0162. The average molecular weight is 439 g/mol. The van der Waals surface area contributed by atoms with Gasteiger partial charge in [0.25, 0.3) is 5.91 Å². The van der Waals surface area contributed by atoms with E-state index in [1.54, 1.807) is 49.6 Å². The topological polar surface area (TPSA) is 67.8 Å². The van der Waals surface area contributed by atoms with Gasteiger partial charge in [-0.15, -0.1) is 0 Å². The third kappa shape index (κ3) is 4.88. The standard InChI is InChI=1S/C23H23ClN4O3/c1-16-14-27(10-11-28(16)23(29)17-6-8-19(30-2)9-7-17)21-13-22(26-15-25-21)31-20-5-3-4-18(24)12-20/h3-9,12-13,15-16H,10-11,14H2,1-2H3/t16-/m1/s1. The molecule has 1 fully saturated rings. The molecule has 0 spiro atoms. The summed E-state index contributed by atoms with van der Waals surface area (Å²) in [7, 11) is 1.61. The zero-order valence-corrected chi connectivity index (χ0v) is 18.1. The maximum absolute atomic E-state index is 12.9. The molecule has 160 valence electrons. The van der Waals surface area contributed by atoms with E-state index in [4.69, 9.17) is 21.1 Å². The molecule has 0 aliphatic carbocycles. The Morgan fingerprint density at radius 3 is 2.58 bits per heavy atom. The number of hydrogen-bond donors (Lipinski definition) is 0. The molecule has 0 radical (unpaired) electrons. The van der Waals surface area contributed by atoms with Crippen LogP contribution in [0.4, 0.5) is 5.82 Å². The molecule has 1 saturated heterocycles. The number of methoxy groups -OCH3 is 1. The van der Waals surface area contributed by atoms with E-state index in [9.17, 15) is 4.79 Å². The molecule has 7 nitrogen and oxygen atoms in total. The van der Waals surface area contributed by atoms with E-state index >= 15 is 0 Å². The van der Waals surface area contributed by atoms with Gasteiger partial charge in [0.1, 0.15) is 23.6 Å². The second-order valence-electron chi connectivity index (χ2n) is 7.30. The molecule has 8 heteroatoms. The Labute approximate surface area is 186 Å². The van der Waals surface area contributed by atoms with Crippen molar-refractivity contribution >= 4 is 23.3 Å². The van der Waals surface area contributed by atoms with Crippen LogP contribution in [0, 0.1) is 0 Å². The lowest BCUT2D eigenvalue weighted by Crippen LogP contribution is -2.54. The van der Waals surface area contributed by atoms with Crippen LogP contribution in [0.25, 0.3) is 0 Å². The van der Waals surface area contributed by atoms with Crippen molar-refractivity contribution in [2.24, 2.45) is 0 Å². The van der Waals surface area contributed by atoms with Crippen molar-refractivity contribution in [2.45, 2.75) is 13.0 Å². The normalized spacial score (nSPS) is 16.2. The van der Waals surface area contributed by atoms with Gasteiger partial charge in [0.2, 0.25) is 5.88 Å². The molecule has 1 aromatic heterocycles. The van der Waals surface area contributed by atoms with E-state index in [0.29, 0.717) is 41.8 Å². The fraction of sp³-hybridized carbons (Fsp3) is 0.261. The number of ether oxygens (including phenoxy) is 2. The summed E-state index contributed by atoms with van der Waals surface area (Å²) in [5.74, 6) is 2.56. The van der Waals surface area contributed by atoms with Crippen molar-refractivity contribution in [3.05, 3.63) is 71.5 Å². The SMILES string of the molecule is COc1ccc(C(=O)N2CCN(c3cc(Oc4cccc(Cl)c4)ncn3)C[C@H]2C)cc1. The van der Waals surface area contributed by atoms with Crippen LogP contribution in [0.1, 0.15) is 17.3 Å². The Balaban J connectivity index is 1.43. The number of anilines is 1. The number of piperazine rings is 1. The molecule has 0 bridgehead atoms. The maximum Gasteiger partial charge on any atom is 0.254 e. The third-order valence-electron chi connectivity index (χ3n) is 5.20. The second-order valence-corrected chi connectivity index (χ2v) is 7.73. The molecule has 1 amide bonds. The number of amides is 1. The lowest BCUT2D eigenvalue weighted by atomic mass is 10.1. The predicted octanol–water partition coefficient (Wildman–Crippen LogP) is 4.28. The first-order valence-corrected chi connectivity index (χ1v) is 10.4. The first-order valence-electron chi connectivity index (χ1n) is 9.99. The van der Waals surface area contributed by atoms with Crippen LogP contribution in [0.5, 0.6) is 17.4 Å². The van der Waals surface area contributed by atoms with E-state index in [0.717, 1.165) is 11.6 Å². The Hall–Kier alpha value is -3.32. The molecule has 0 saturated carbocycles. The number of hydrogen-bond acceptors (Lipinski definition) is 6. The monoisotopic (exact) mass is 438 g/mol. The van der Waals surface area contributed by atoms with Crippen LogP contribution in [0.2, 0.25) is 5.02 Å². The first-order chi connectivity index (χ1) is 15.0. The Morgan fingerprint density at radius 1 is 1.06 bits per heavy atom. The van der Waals surface area contributed by atoms with Gasteiger partial charge in [0.05, 0.1) is 7.11 Å². The molecule has 1 atom stereocenters. The summed E-state index contributed by atoms with van der Waals surface area (Å²) in [4.78, 5) is 25.6. The smallest absolute Gasteiger partial charge is 0.254 e. The molecule has 31 heavy (non-hydrogen) atoms. The van der Waals surface area contributed by atoms with Crippen LogP contribution in [-0.2, 0) is 0 Å². The largest absolute Gasteiger partial charge is 0.497 e. The highest BCUT2D eigenvalue weighted by Gasteiger charge is 2.29. The van der Waals surface area contributed by atoms with Crippen molar-refractivity contribution in [2.75, 3.05) is 31.6 Å². The van der Waals surface area contributed by atoms with E-state index in [1.165, 1.54) is 6.33 Å². The van der Waals surface area contributed by atoms with Crippen LogP contribution in [0.15, 0.2) is 60.9 Å². The van der Waals surface area contributed by atoms with Gasteiger partial charge in [0, 0.05) is 42.3 Å². The van der Waals surface area contributed by atoms with E-state index in [2.05, 4.69) is 14.9 Å². The lowest BCUT2D eigenvalue weighted by Gasteiger charge is -2.40. The van der Waals surface area contributed by atoms with Crippen molar-refractivity contribution in [1.82, 2.24) is 14.9 Å². The summed E-state index contributed by atoms with van der Waals surface area (Å²) >= 11 is 6.02. The number of carbonyl (C=O) groups excluding carboxylic acids is 1. The summed E-state index contributed by atoms with van der Waals surface area (Å²) in [6, 6.07) is 16.2. The highest BCUT2D eigenvalue weighted by molar-refractivity contribution is 6.30. The molecule has 4 rings (SSSR count). The van der Waals surface area contributed by atoms with Gasteiger partial charge in [-0.05, 0) is 49.4 Å². The maximum atomic E-state index is 12.9. The van der Waals surface area contributed by atoms with Gasteiger partial charge in [-0.1, -0.05) is 17.7 Å². The highest BCUT2D eigenvalue weighted by atomic mass is 35.5. The fourth-order valence-electron chi connectivity index (χ4n) is 3.58. The number of halogens is 1. The van der Waals surface area contributed by atoms with Gasteiger partial charge in [-0.3, -0.25) is 4.79 Å². The Bertz CT molecular complexity index is 1060. The van der Waals surface area contributed by atoms with Crippen LogP contribution in [-0.4, -0.2) is 53.6 Å². The summed E-state index contributed by atoms with van der Waals surface area (Å²) in [5, 5.41) is 0.596. The van der Waals surface area contributed by atoms with Crippen molar-refractivity contribution < 1.29 is 14.3 Å². The van der Waals surface area contributed by atoms with Crippen molar-refractivity contribution in [3.63, 3.8) is 0 Å². The summed E-state index contributed by atoms with van der Waals surface area (Å²) in [6.45, 7) is 3.97. The van der Waals surface area contributed by atoms with Crippen LogP contribution < -0.4 is 14.4 Å². The van der Waals surface area contributed by atoms with Crippen LogP contribution >= 0.6 is 11.6 Å². The Kier molecular flexibility index (Phi) is 6.23. The van der Waals surface area contributed by atoms with Gasteiger partial charge in [-0.2, -0.15) is 0 Å². The van der Waals surface area contributed by atoms with E-state index < -0.39 is 0 Å². The minimum atomic E-state index is 0.0162. The number of benzene rings is 2. The van der Waals surface area contributed by atoms with Gasteiger partial charge in [0.15, 0.2) is 0 Å². The lowest BCUT2D eigenvalue weighted by molar-refractivity contribution is 0.0673. The fourth-order valence-corrected chi connectivity index (χ4v) is 3.76. The molecule has 1 aliphatic rings.